The normalized spacial score (nSPS) is 12.3. The SMILES string of the molecule is O=S(=O)([O-])c1ccc2c(N=Nc3ccc(N=Nc4cc(S(=O)(=O)O)c5ccccc5c4[O-])c4ccccc34)ccc(N=Nc3cc(S(=O)(=O)O)c4ccccc4c3[O-])c2c1.[Na+].[Na+].[Na+]. The fraction of sp³-hybridized carbons (Fsp3) is 0. The topological polar surface area (TPSA) is 286 Å². The summed E-state index contributed by atoms with van der Waals surface area (Å²) in [4.78, 5) is -1.69. The first-order chi connectivity index (χ1) is 28.5. The Morgan fingerprint density at radius 1 is 0.365 bits per heavy atom. The molecule has 8 aromatic rings. The van der Waals surface area contributed by atoms with Crippen molar-refractivity contribution in [1.82, 2.24) is 0 Å². The Labute approximate surface area is 424 Å². The van der Waals surface area contributed by atoms with Gasteiger partial charge in [-0.15, -0.1) is 20.5 Å². The van der Waals surface area contributed by atoms with Crippen LogP contribution in [0, 0.1) is 0 Å². The molecule has 0 heterocycles. The van der Waals surface area contributed by atoms with Gasteiger partial charge in [0, 0.05) is 32.3 Å². The van der Waals surface area contributed by atoms with Crippen LogP contribution >= 0.6 is 0 Å². The van der Waals surface area contributed by atoms with Crippen molar-refractivity contribution in [2.45, 2.75) is 14.7 Å². The van der Waals surface area contributed by atoms with Crippen LogP contribution in [-0.2, 0) is 30.4 Å². The van der Waals surface area contributed by atoms with Gasteiger partial charge in [0.1, 0.15) is 19.9 Å². The van der Waals surface area contributed by atoms with Gasteiger partial charge >= 0.3 is 88.7 Å². The summed E-state index contributed by atoms with van der Waals surface area (Å²) in [7, 11) is -14.5. The third-order valence-electron chi connectivity index (χ3n) is 9.34. The van der Waals surface area contributed by atoms with Gasteiger partial charge in [-0.3, -0.25) is 9.11 Å². The van der Waals surface area contributed by atoms with E-state index in [-0.39, 0.29) is 144 Å². The van der Waals surface area contributed by atoms with Crippen molar-refractivity contribution in [3.05, 3.63) is 127 Å². The molecule has 0 aliphatic carbocycles. The predicted octanol–water partition coefficient (Wildman–Crippen LogP) is 0.102. The van der Waals surface area contributed by atoms with Crippen LogP contribution < -0.4 is 98.9 Å². The molecular weight excluding hydrogens is 906 g/mol. The summed E-state index contributed by atoms with van der Waals surface area (Å²) in [5.74, 6) is -1.31. The summed E-state index contributed by atoms with van der Waals surface area (Å²) >= 11 is 0. The van der Waals surface area contributed by atoms with Gasteiger partial charge in [0.05, 0.1) is 39.0 Å². The van der Waals surface area contributed by atoms with E-state index in [4.69, 9.17) is 0 Å². The van der Waals surface area contributed by atoms with Crippen LogP contribution in [-0.4, -0.2) is 38.9 Å². The van der Waals surface area contributed by atoms with Gasteiger partial charge in [0.15, 0.2) is 0 Å². The maximum Gasteiger partial charge on any atom is 1.00 e. The Balaban J connectivity index is 0.00000249. The van der Waals surface area contributed by atoms with Gasteiger partial charge in [-0.05, 0) is 59.3 Å². The monoisotopic (exact) mass is 928 g/mol. The van der Waals surface area contributed by atoms with Gasteiger partial charge in [-0.2, -0.15) is 27.1 Å². The number of nitrogens with zero attached hydrogens (tertiary/aromatic N) is 6. The second-order valence-electron chi connectivity index (χ2n) is 13.0. The fourth-order valence-corrected chi connectivity index (χ4v) is 8.50. The van der Waals surface area contributed by atoms with E-state index in [1.165, 1.54) is 66.7 Å². The molecule has 0 radical (unpaired) electrons. The maximum absolute atomic E-state index is 13.2. The van der Waals surface area contributed by atoms with Gasteiger partial charge in [0.2, 0.25) is 0 Å². The van der Waals surface area contributed by atoms with Crippen molar-refractivity contribution in [2.75, 3.05) is 0 Å². The van der Waals surface area contributed by atoms with Gasteiger partial charge in [-0.1, -0.05) is 90.4 Å². The summed E-state index contributed by atoms with van der Waals surface area (Å²) in [5, 5.41) is 52.9. The molecule has 0 atom stereocenters. The largest absolute Gasteiger partial charge is 1.00 e. The minimum Gasteiger partial charge on any atom is -0.871 e. The van der Waals surface area contributed by atoms with E-state index in [2.05, 4.69) is 30.7 Å². The molecule has 63 heavy (non-hydrogen) atoms. The van der Waals surface area contributed by atoms with E-state index in [0.29, 0.717) is 16.5 Å². The molecule has 0 saturated carbocycles. The van der Waals surface area contributed by atoms with Crippen molar-refractivity contribution in [2.24, 2.45) is 30.7 Å². The summed E-state index contributed by atoms with van der Waals surface area (Å²) in [6.07, 6.45) is 0. The van der Waals surface area contributed by atoms with Crippen molar-refractivity contribution in [3.63, 3.8) is 0 Å². The summed E-state index contributed by atoms with van der Waals surface area (Å²) < 4.78 is 104. The molecule has 0 fully saturated rings. The van der Waals surface area contributed by atoms with Crippen LogP contribution in [0.2, 0.25) is 0 Å². The quantitative estimate of drug-likeness (QED) is 0.111. The molecule has 0 aliphatic heterocycles. The molecule has 300 valence electrons. The number of benzene rings is 8. The molecule has 0 spiro atoms. The van der Waals surface area contributed by atoms with Crippen LogP contribution in [0.1, 0.15) is 0 Å². The molecule has 8 rings (SSSR count). The third-order valence-corrected chi connectivity index (χ3v) is 12.0. The fourth-order valence-electron chi connectivity index (χ4n) is 6.57. The van der Waals surface area contributed by atoms with Crippen molar-refractivity contribution < 1.29 is 138 Å². The van der Waals surface area contributed by atoms with Crippen molar-refractivity contribution in [1.29, 1.82) is 0 Å². The third kappa shape index (κ3) is 10.3. The van der Waals surface area contributed by atoms with E-state index in [9.17, 15) is 49.1 Å². The number of hydrogen-bond acceptors (Lipinski definition) is 15. The average molecular weight is 929 g/mol. The zero-order chi connectivity index (χ0) is 42.6. The molecule has 0 aliphatic rings. The molecule has 0 saturated heterocycles. The number of azo groups is 3. The number of rotatable bonds is 9. The van der Waals surface area contributed by atoms with Gasteiger partial charge < -0.3 is 14.8 Å². The average Bonchev–Trinajstić information content (AvgIpc) is 3.21. The zero-order valence-electron chi connectivity index (χ0n) is 33.1. The molecular formula is C40H23N6Na3O11S3. The molecule has 17 nitrogen and oxygen atoms in total. The van der Waals surface area contributed by atoms with E-state index in [1.54, 1.807) is 36.4 Å². The summed E-state index contributed by atoms with van der Waals surface area (Å²) in [6.45, 7) is 0. The number of fused-ring (bicyclic) bond motifs is 4. The maximum atomic E-state index is 13.2. The molecule has 0 bridgehead atoms. The first-order valence-corrected chi connectivity index (χ1v) is 21.5. The second kappa shape index (κ2) is 19.6. The minimum atomic E-state index is -4.96. The minimum absolute atomic E-state index is 0. The molecule has 0 amide bonds. The number of hydrogen-bond donors (Lipinski definition) is 2. The van der Waals surface area contributed by atoms with Crippen LogP contribution in [0.25, 0.3) is 43.1 Å². The van der Waals surface area contributed by atoms with Crippen LogP contribution in [0.15, 0.2) is 173 Å². The molecule has 8 aromatic carbocycles. The first-order valence-electron chi connectivity index (χ1n) is 17.2. The summed E-state index contributed by atoms with van der Waals surface area (Å²) in [6, 6.07) is 29.6. The van der Waals surface area contributed by atoms with E-state index >= 15 is 0 Å². The Morgan fingerprint density at radius 3 is 1.02 bits per heavy atom. The first kappa shape index (κ1) is 49.9. The Bertz CT molecular complexity index is 3580. The molecule has 23 heteroatoms. The Hall–Kier alpha value is -4.07. The van der Waals surface area contributed by atoms with Crippen LogP contribution in [0.5, 0.6) is 11.5 Å². The van der Waals surface area contributed by atoms with E-state index in [1.807, 2.05) is 0 Å². The zero-order valence-corrected chi connectivity index (χ0v) is 41.6. The molecule has 0 unspecified atom stereocenters. The van der Waals surface area contributed by atoms with Crippen LogP contribution in [0.3, 0.4) is 0 Å². The van der Waals surface area contributed by atoms with Gasteiger partial charge in [-0.25, -0.2) is 8.42 Å². The van der Waals surface area contributed by atoms with E-state index in [0.717, 1.165) is 24.3 Å². The smallest absolute Gasteiger partial charge is 0.871 e. The van der Waals surface area contributed by atoms with Crippen LogP contribution in [0.4, 0.5) is 34.1 Å². The Morgan fingerprint density at radius 2 is 0.667 bits per heavy atom. The molecule has 0 aromatic heterocycles. The second-order valence-corrected chi connectivity index (χ2v) is 17.2. The Kier molecular flexibility index (Phi) is 15.5. The predicted molar refractivity (Wildman–Crippen MR) is 215 cm³/mol. The van der Waals surface area contributed by atoms with Crippen molar-refractivity contribution >= 4 is 108 Å². The molecule has 2 N–H and O–H groups in total. The summed E-state index contributed by atoms with van der Waals surface area (Å²) in [5.41, 5.74) is -0.0253. The van der Waals surface area contributed by atoms with Gasteiger partial charge in [0.25, 0.3) is 20.2 Å². The van der Waals surface area contributed by atoms with Crippen molar-refractivity contribution in [3.8, 4) is 11.5 Å². The van der Waals surface area contributed by atoms with E-state index < -0.39 is 62.2 Å². The standard InChI is InChI=1S/C40H26N6O11S3.3Na/c47-39-28-11-5-3-9-26(28)37(59(52,53)54)20-35(39)45-43-32-16-15-31(23-7-1-2-8-24(23)32)41-42-33-17-18-34(30-19-22(58(49,50)51)13-14-25(30)33)44-46-36-21-38(60(55,56)57)27-10-4-6-12-29(27)40(36)48;;;/h1-21,47-48H,(H,49,50,51)(H,52,53,54)(H,55,56,57);;;/q;3*+1/p-3.